The van der Waals surface area contributed by atoms with Crippen LogP contribution in [-0.4, -0.2) is 61.1 Å². The fourth-order valence-electron chi connectivity index (χ4n) is 1.37. The Morgan fingerprint density at radius 2 is 1.52 bits per heavy atom. The molecule has 1 saturated heterocycles. The van der Waals surface area contributed by atoms with Crippen LogP contribution in [0.5, 0.6) is 0 Å². The predicted octanol–water partition coefficient (Wildman–Crippen LogP) is 0.822. The van der Waals surface area contributed by atoms with Crippen molar-refractivity contribution in [3.05, 3.63) is 0 Å². The third-order valence-corrected chi connectivity index (χ3v) is 3.71. The second-order valence-corrected chi connectivity index (χ2v) is 6.75. The molecule has 9 heteroatoms. The molecule has 138 valence electrons. The fraction of sp³-hybridized carbons (Fsp3) is 1.00. The maximum atomic E-state index is 5.80. The highest BCUT2D eigenvalue weighted by molar-refractivity contribution is 6.13. The largest absolute Gasteiger partial charge is 0.371 e. The van der Waals surface area contributed by atoms with Crippen molar-refractivity contribution in [1.29, 1.82) is 0 Å². The third kappa shape index (κ3) is 9.08. The van der Waals surface area contributed by atoms with Crippen molar-refractivity contribution < 1.29 is 38.8 Å². The molecule has 0 amide bonds. The van der Waals surface area contributed by atoms with Crippen LogP contribution in [0.25, 0.3) is 0 Å². The van der Waals surface area contributed by atoms with Crippen LogP contribution >= 0.6 is 0 Å². The van der Waals surface area contributed by atoms with Crippen molar-refractivity contribution in [3.8, 4) is 0 Å². The van der Waals surface area contributed by atoms with Crippen LogP contribution in [0.3, 0.4) is 0 Å². The van der Waals surface area contributed by atoms with E-state index in [1.54, 1.807) is 0 Å². The van der Waals surface area contributed by atoms with Crippen LogP contribution in [-0.2, 0) is 38.8 Å². The van der Waals surface area contributed by atoms with Gasteiger partial charge in [-0.15, -0.1) is 0 Å². The van der Waals surface area contributed by atoms with Gasteiger partial charge in [0.05, 0.1) is 43.3 Å². The van der Waals surface area contributed by atoms with Crippen molar-refractivity contribution in [2.75, 3.05) is 33.0 Å². The van der Waals surface area contributed by atoms with Gasteiger partial charge in [0.15, 0.2) is 0 Å². The molecule has 1 heterocycles. The molecule has 2 atom stereocenters. The summed E-state index contributed by atoms with van der Waals surface area (Å²) in [5, 5.41) is 0. The Bertz CT molecular complexity index is 282. The smallest absolute Gasteiger partial charge is 0.275 e. The molecule has 8 nitrogen and oxygen atoms in total. The zero-order valence-electron chi connectivity index (χ0n) is 14.6. The van der Waals surface area contributed by atoms with Crippen LogP contribution < -0.4 is 0 Å². The number of ether oxygens (including phenoxy) is 2. The first-order valence-corrected chi connectivity index (χ1v) is 9.29. The summed E-state index contributed by atoms with van der Waals surface area (Å²) in [5.74, 6) is 0. The maximum absolute atomic E-state index is 5.80. The van der Waals surface area contributed by atoms with Crippen LogP contribution in [0.4, 0.5) is 0 Å². The molecule has 0 radical (unpaired) electrons. The van der Waals surface area contributed by atoms with E-state index in [-0.39, 0.29) is 6.10 Å². The quantitative estimate of drug-likeness (QED) is 0.101. The Kier molecular flexibility index (Phi) is 11.2. The van der Waals surface area contributed by atoms with Gasteiger partial charge in [0.25, 0.3) is 6.29 Å². The molecule has 1 rings (SSSR count). The van der Waals surface area contributed by atoms with Crippen LogP contribution in [0.1, 0.15) is 40.0 Å². The lowest BCUT2D eigenvalue weighted by Crippen LogP contribution is -2.51. The Morgan fingerprint density at radius 1 is 1.00 bits per heavy atom. The first-order chi connectivity index (χ1) is 11.2. The minimum Gasteiger partial charge on any atom is -0.371 e. The fourth-order valence-corrected chi connectivity index (χ4v) is 1.85. The lowest BCUT2D eigenvalue weighted by atomic mass is 10.5. The summed E-state index contributed by atoms with van der Waals surface area (Å²) in [6.07, 6.45) is 1.49. The molecule has 0 aliphatic carbocycles. The van der Waals surface area contributed by atoms with Crippen LogP contribution in [0, 0.1) is 0 Å². The second-order valence-electron chi connectivity index (χ2n) is 5.36. The topological polar surface area (TPSA) is 77.1 Å². The SMILES string of the molecule is CCCOOC(OOCCC)C([SiH3])(OCC1CO1)OOCCC. The lowest BCUT2D eigenvalue weighted by molar-refractivity contribution is -0.535. The number of epoxide rings is 1. The summed E-state index contributed by atoms with van der Waals surface area (Å²) >= 11 is 0. The van der Waals surface area contributed by atoms with E-state index in [1.807, 2.05) is 20.8 Å². The van der Waals surface area contributed by atoms with E-state index < -0.39 is 11.7 Å². The Labute approximate surface area is 140 Å². The van der Waals surface area contributed by atoms with E-state index in [9.17, 15) is 0 Å². The van der Waals surface area contributed by atoms with Gasteiger partial charge in [-0.2, -0.15) is 9.78 Å². The molecule has 1 aliphatic heterocycles. The van der Waals surface area contributed by atoms with E-state index in [4.69, 9.17) is 38.8 Å². The molecule has 0 N–H and O–H groups in total. The van der Waals surface area contributed by atoms with Gasteiger partial charge in [0.2, 0.25) is 5.41 Å². The predicted molar refractivity (Wildman–Crippen MR) is 84.1 cm³/mol. The van der Waals surface area contributed by atoms with E-state index in [0.717, 1.165) is 19.3 Å². The third-order valence-electron chi connectivity index (χ3n) is 2.78. The number of hydrogen-bond acceptors (Lipinski definition) is 8. The van der Waals surface area contributed by atoms with Gasteiger partial charge in [-0.3, -0.25) is 0 Å². The minimum absolute atomic E-state index is 0.0758. The molecule has 2 unspecified atom stereocenters. The van der Waals surface area contributed by atoms with Gasteiger partial charge >= 0.3 is 0 Å². The van der Waals surface area contributed by atoms with Crippen molar-refractivity contribution in [3.63, 3.8) is 0 Å². The van der Waals surface area contributed by atoms with Crippen molar-refractivity contribution in [2.24, 2.45) is 0 Å². The van der Waals surface area contributed by atoms with Crippen LogP contribution in [0.2, 0.25) is 0 Å². The first-order valence-electron chi connectivity index (χ1n) is 8.29. The van der Waals surface area contributed by atoms with Gasteiger partial charge in [-0.25, -0.2) is 19.6 Å². The highest BCUT2D eigenvalue weighted by Gasteiger charge is 2.44. The Hall–Kier alpha value is -0.103. The molecule has 0 bridgehead atoms. The summed E-state index contributed by atoms with van der Waals surface area (Å²) < 4.78 is 11.0. The Balaban J connectivity index is 2.60. The maximum Gasteiger partial charge on any atom is 0.275 e. The minimum atomic E-state index is -1.22. The number of rotatable bonds is 16. The summed E-state index contributed by atoms with van der Waals surface area (Å²) in [4.78, 5) is 31.5. The normalized spacial score (nSPS) is 20.1. The van der Waals surface area contributed by atoms with Crippen molar-refractivity contribution in [1.82, 2.24) is 0 Å². The molecule has 0 spiro atoms. The first kappa shape index (κ1) is 20.9. The average Bonchev–Trinajstić information content (AvgIpc) is 3.36. The van der Waals surface area contributed by atoms with E-state index in [1.165, 1.54) is 0 Å². The van der Waals surface area contributed by atoms with Crippen molar-refractivity contribution >= 4 is 10.2 Å². The van der Waals surface area contributed by atoms with Gasteiger partial charge in [-0.1, -0.05) is 20.8 Å². The summed E-state index contributed by atoms with van der Waals surface area (Å²) in [6.45, 7) is 8.26. The lowest BCUT2D eigenvalue weighted by Gasteiger charge is -2.33. The summed E-state index contributed by atoms with van der Waals surface area (Å²) in [5.41, 5.74) is -1.22. The zero-order valence-corrected chi connectivity index (χ0v) is 16.6. The molecule has 1 fully saturated rings. The van der Waals surface area contributed by atoms with Gasteiger partial charge in [0.1, 0.15) is 6.10 Å². The van der Waals surface area contributed by atoms with E-state index in [2.05, 4.69) is 0 Å². The highest BCUT2D eigenvalue weighted by Crippen LogP contribution is 2.23. The highest BCUT2D eigenvalue weighted by atomic mass is 28.1. The molecule has 0 saturated carbocycles. The monoisotopic (exact) mass is 354 g/mol. The number of hydrogen-bond donors (Lipinski definition) is 0. The van der Waals surface area contributed by atoms with Gasteiger partial charge in [-0.05, 0) is 19.3 Å². The zero-order chi connectivity index (χ0) is 17.0. The molecule has 1 aliphatic rings. The molecule has 0 aromatic carbocycles. The summed E-state index contributed by atoms with van der Waals surface area (Å²) in [6, 6.07) is 0. The molecule has 0 aromatic rings. The molecule has 23 heavy (non-hydrogen) atoms. The Morgan fingerprint density at radius 3 is 2.00 bits per heavy atom. The van der Waals surface area contributed by atoms with Crippen molar-refractivity contribution in [2.45, 2.75) is 57.8 Å². The molecular weight excluding hydrogens is 324 g/mol. The average molecular weight is 354 g/mol. The van der Waals surface area contributed by atoms with Gasteiger partial charge in [0, 0.05) is 0 Å². The standard InChI is InChI=1S/C14H30O8Si/c1-4-7-17-20-13(21-18-8-5-2)14(23,22-19-9-6-3)16-11-12-10-15-12/h12-13H,4-11H2,1-3,23H3. The second kappa shape index (κ2) is 12.3. The summed E-state index contributed by atoms with van der Waals surface area (Å²) in [7, 11) is 0.403. The molecular formula is C14H30O8Si. The van der Waals surface area contributed by atoms with E-state index in [0.29, 0.717) is 43.3 Å². The molecule has 0 aromatic heterocycles. The van der Waals surface area contributed by atoms with Gasteiger partial charge < -0.3 is 9.47 Å². The van der Waals surface area contributed by atoms with Crippen LogP contribution in [0.15, 0.2) is 0 Å². The van der Waals surface area contributed by atoms with E-state index >= 15 is 0 Å².